The van der Waals surface area contributed by atoms with E-state index in [1.165, 1.54) is 0 Å². The Morgan fingerprint density at radius 2 is 2.14 bits per heavy atom. The molecule has 2 N–H and O–H groups in total. The lowest BCUT2D eigenvalue weighted by molar-refractivity contribution is -0.156. The van der Waals surface area contributed by atoms with E-state index < -0.39 is 11.8 Å². The molecule has 0 aromatic heterocycles. The highest BCUT2D eigenvalue weighted by Crippen LogP contribution is 2.21. The molecule has 0 aromatic carbocycles. The number of nitrogens with two attached hydrogens (primary N) is 1. The van der Waals surface area contributed by atoms with E-state index in [-0.39, 0.29) is 12.6 Å². The number of halogens is 2. The van der Waals surface area contributed by atoms with Gasteiger partial charge >= 0.3 is 5.92 Å². The fourth-order valence-corrected chi connectivity index (χ4v) is 1.56. The lowest BCUT2D eigenvalue weighted by Gasteiger charge is -2.36. The third-order valence-electron chi connectivity index (χ3n) is 2.68. The van der Waals surface area contributed by atoms with Crippen LogP contribution < -0.4 is 5.73 Å². The molecule has 0 saturated carbocycles. The lowest BCUT2D eigenvalue weighted by Crippen LogP contribution is -2.53. The summed E-state index contributed by atoms with van der Waals surface area (Å²) in [6, 6.07) is -0.185. The summed E-state index contributed by atoms with van der Waals surface area (Å²) in [5.41, 5.74) is 5.71. The number of alkyl halides is 2. The fourth-order valence-electron chi connectivity index (χ4n) is 1.56. The van der Waals surface area contributed by atoms with Crippen LogP contribution in [-0.2, 0) is 4.79 Å². The van der Waals surface area contributed by atoms with Gasteiger partial charge in [-0.3, -0.25) is 4.79 Å². The highest BCUT2D eigenvalue weighted by atomic mass is 19.3. The molecule has 0 bridgehead atoms. The maximum absolute atomic E-state index is 12.7. The molecule has 0 aromatic rings. The number of hydrogen-bond acceptors (Lipinski definition) is 2. The summed E-state index contributed by atoms with van der Waals surface area (Å²) < 4.78 is 25.4. The Morgan fingerprint density at radius 3 is 2.57 bits per heavy atom. The number of likely N-dealkylation sites (tertiary alicyclic amines) is 1. The molecule has 1 heterocycles. The Balaban J connectivity index is 2.59. The predicted octanol–water partition coefficient (Wildman–Crippen LogP) is 0.837. The highest BCUT2D eigenvalue weighted by Gasteiger charge is 2.39. The first-order chi connectivity index (χ1) is 6.32. The van der Waals surface area contributed by atoms with Gasteiger partial charge in [0.2, 0.25) is 0 Å². The number of hydrogen-bond donors (Lipinski definition) is 1. The van der Waals surface area contributed by atoms with Crippen LogP contribution in [0.2, 0.25) is 0 Å². The minimum Gasteiger partial charge on any atom is -0.336 e. The quantitative estimate of drug-likeness (QED) is 0.691. The summed E-state index contributed by atoms with van der Waals surface area (Å²) in [6.45, 7) is 3.22. The number of nitrogens with zero attached hydrogens (tertiary/aromatic N) is 1. The van der Waals surface area contributed by atoms with Crippen molar-refractivity contribution in [3.05, 3.63) is 0 Å². The molecule has 1 rings (SSSR count). The second-order valence-corrected chi connectivity index (χ2v) is 4.07. The molecule has 0 aliphatic carbocycles. The third kappa shape index (κ3) is 2.41. The number of piperidine rings is 1. The van der Waals surface area contributed by atoms with Gasteiger partial charge in [-0.2, -0.15) is 8.78 Å². The van der Waals surface area contributed by atoms with Gasteiger partial charge in [0.15, 0.2) is 0 Å². The van der Waals surface area contributed by atoms with Gasteiger partial charge in [0, 0.05) is 26.1 Å². The van der Waals surface area contributed by atoms with Crippen LogP contribution in [0.1, 0.15) is 20.3 Å². The largest absolute Gasteiger partial charge is 0.336 e. The molecular weight excluding hydrogens is 190 g/mol. The van der Waals surface area contributed by atoms with E-state index in [0.29, 0.717) is 25.8 Å². The lowest BCUT2D eigenvalue weighted by atomic mass is 9.94. The van der Waals surface area contributed by atoms with Crippen LogP contribution in [0.15, 0.2) is 0 Å². The van der Waals surface area contributed by atoms with Crippen molar-refractivity contribution in [2.45, 2.75) is 32.2 Å². The number of carbonyl (C=O) groups excluding carboxylic acids is 1. The van der Waals surface area contributed by atoms with Crippen LogP contribution in [0.3, 0.4) is 0 Å². The van der Waals surface area contributed by atoms with Gasteiger partial charge in [0.05, 0.1) is 0 Å². The van der Waals surface area contributed by atoms with Gasteiger partial charge in [-0.25, -0.2) is 0 Å². The van der Waals surface area contributed by atoms with Gasteiger partial charge < -0.3 is 10.6 Å². The van der Waals surface area contributed by atoms with Crippen LogP contribution >= 0.6 is 0 Å². The molecule has 1 amide bonds. The Bertz CT molecular complexity index is 227. The Kier molecular flexibility index (Phi) is 3.09. The molecule has 0 radical (unpaired) electrons. The first-order valence-corrected chi connectivity index (χ1v) is 4.75. The van der Waals surface area contributed by atoms with E-state index in [9.17, 15) is 13.6 Å². The second kappa shape index (κ2) is 3.81. The summed E-state index contributed by atoms with van der Waals surface area (Å²) >= 11 is 0. The summed E-state index contributed by atoms with van der Waals surface area (Å²) in [7, 11) is 0. The van der Waals surface area contributed by atoms with Crippen LogP contribution in [0, 0.1) is 5.92 Å². The van der Waals surface area contributed by atoms with Crippen molar-refractivity contribution < 1.29 is 13.6 Å². The van der Waals surface area contributed by atoms with Gasteiger partial charge in [-0.15, -0.1) is 0 Å². The number of amides is 1. The monoisotopic (exact) mass is 206 g/mol. The van der Waals surface area contributed by atoms with Crippen LogP contribution in [-0.4, -0.2) is 35.9 Å². The highest BCUT2D eigenvalue weighted by molar-refractivity contribution is 5.83. The standard InChI is InChI=1S/C9H16F2N2O/c1-6-3-4-13(5-7(6)12)8(14)9(2,10)11/h6-7H,3-5,12H2,1-2H3. The van der Waals surface area contributed by atoms with Gasteiger partial charge in [0.25, 0.3) is 5.91 Å². The molecule has 14 heavy (non-hydrogen) atoms. The van der Waals surface area contributed by atoms with Crippen molar-refractivity contribution >= 4 is 5.91 Å². The average molecular weight is 206 g/mol. The van der Waals surface area contributed by atoms with E-state index >= 15 is 0 Å². The second-order valence-electron chi connectivity index (χ2n) is 4.07. The van der Waals surface area contributed by atoms with Gasteiger partial charge in [-0.1, -0.05) is 6.92 Å². The summed E-state index contributed by atoms with van der Waals surface area (Å²) in [6.07, 6.45) is 0.697. The van der Waals surface area contributed by atoms with Crippen LogP contribution in [0.5, 0.6) is 0 Å². The Morgan fingerprint density at radius 1 is 1.57 bits per heavy atom. The summed E-state index contributed by atoms with van der Waals surface area (Å²) in [4.78, 5) is 12.3. The SMILES string of the molecule is CC1CCN(C(=O)C(C)(F)F)CC1N. The van der Waals surface area contributed by atoms with Crippen molar-refractivity contribution in [3.63, 3.8) is 0 Å². The smallest absolute Gasteiger partial charge is 0.322 e. The molecule has 5 heteroatoms. The molecule has 82 valence electrons. The van der Waals surface area contributed by atoms with E-state index in [4.69, 9.17) is 5.73 Å². The molecule has 1 fully saturated rings. The zero-order valence-corrected chi connectivity index (χ0v) is 8.46. The average Bonchev–Trinajstić information content (AvgIpc) is 2.07. The molecule has 1 saturated heterocycles. The molecule has 3 nitrogen and oxygen atoms in total. The molecule has 1 aliphatic heterocycles. The van der Waals surface area contributed by atoms with Crippen molar-refractivity contribution in [1.29, 1.82) is 0 Å². The van der Waals surface area contributed by atoms with Crippen molar-refractivity contribution in [2.24, 2.45) is 11.7 Å². The molecule has 2 unspecified atom stereocenters. The van der Waals surface area contributed by atoms with Crippen LogP contribution in [0.4, 0.5) is 8.78 Å². The minimum absolute atomic E-state index is 0.185. The third-order valence-corrected chi connectivity index (χ3v) is 2.68. The normalized spacial score (nSPS) is 29.1. The van der Waals surface area contributed by atoms with Crippen molar-refractivity contribution in [2.75, 3.05) is 13.1 Å². The van der Waals surface area contributed by atoms with Gasteiger partial charge in [0.1, 0.15) is 0 Å². The molecule has 1 aliphatic rings. The zero-order chi connectivity index (χ0) is 10.9. The first-order valence-electron chi connectivity index (χ1n) is 4.75. The molecule has 2 atom stereocenters. The molecule has 0 spiro atoms. The van der Waals surface area contributed by atoms with E-state index in [0.717, 1.165) is 4.90 Å². The summed E-state index contributed by atoms with van der Waals surface area (Å²) in [5, 5.41) is 0. The maximum Gasteiger partial charge on any atom is 0.322 e. The van der Waals surface area contributed by atoms with E-state index in [1.807, 2.05) is 6.92 Å². The van der Waals surface area contributed by atoms with E-state index in [2.05, 4.69) is 0 Å². The topological polar surface area (TPSA) is 46.3 Å². The van der Waals surface area contributed by atoms with Crippen molar-refractivity contribution in [3.8, 4) is 0 Å². The van der Waals surface area contributed by atoms with E-state index in [1.54, 1.807) is 0 Å². The zero-order valence-electron chi connectivity index (χ0n) is 8.46. The van der Waals surface area contributed by atoms with Gasteiger partial charge in [-0.05, 0) is 12.3 Å². The maximum atomic E-state index is 12.7. The summed E-state index contributed by atoms with van der Waals surface area (Å²) in [5.74, 6) is -4.09. The number of carbonyl (C=O) groups is 1. The predicted molar refractivity (Wildman–Crippen MR) is 49.0 cm³/mol. The fraction of sp³-hybridized carbons (Fsp3) is 0.889. The first kappa shape index (κ1) is 11.4. The van der Waals surface area contributed by atoms with Crippen LogP contribution in [0.25, 0.3) is 0 Å². The Labute approximate surface area is 82.2 Å². The van der Waals surface area contributed by atoms with Crippen molar-refractivity contribution in [1.82, 2.24) is 4.90 Å². The molecular formula is C9H16F2N2O. The number of rotatable bonds is 1. The Hall–Kier alpha value is -0.710. The minimum atomic E-state index is -3.28.